The molecule has 0 bridgehead atoms. The highest BCUT2D eigenvalue weighted by Crippen LogP contribution is 2.42. The number of rotatable bonds is 4. The van der Waals surface area contributed by atoms with Crippen LogP contribution in [0.5, 0.6) is 0 Å². The molecular weight excluding hydrogens is 410 g/mol. The third-order valence-corrected chi connectivity index (χ3v) is 6.83. The van der Waals surface area contributed by atoms with Crippen molar-refractivity contribution in [3.63, 3.8) is 0 Å². The van der Waals surface area contributed by atoms with Gasteiger partial charge in [-0.3, -0.25) is 14.5 Å². The van der Waals surface area contributed by atoms with Gasteiger partial charge in [0.15, 0.2) is 5.43 Å². The van der Waals surface area contributed by atoms with Gasteiger partial charge in [0.2, 0.25) is 10.9 Å². The predicted molar refractivity (Wildman–Crippen MR) is 121 cm³/mol. The van der Waals surface area contributed by atoms with Gasteiger partial charge in [-0.25, -0.2) is 0 Å². The Morgan fingerprint density at radius 3 is 2.48 bits per heavy atom. The molecule has 0 aliphatic carbocycles. The number of hydrogen-bond acceptors (Lipinski definition) is 6. The fourth-order valence-electron chi connectivity index (χ4n) is 3.93. The zero-order valence-electron chi connectivity index (χ0n) is 17.5. The summed E-state index contributed by atoms with van der Waals surface area (Å²) >= 11 is 1.37. The van der Waals surface area contributed by atoms with Crippen LogP contribution in [0.25, 0.3) is 11.0 Å². The molecule has 3 heterocycles. The van der Waals surface area contributed by atoms with Crippen molar-refractivity contribution in [2.45, 2.75) is 39.2 Å². The lowest BCUT2D eigenvalue weighted by Gasteiger charge is -2.22. The summed E-state index contributed by atoms with van der Waals surface area (Å²) in [4.78, 5) is 28.6. The summed E-state index contributed by atoms with van der Waals surface area (Å²) < 4.78 is 5.97. The van der Waals surface area contributed by atoms with Crippen molar-refractivity contribution < 1.29 is 9.21 Å². The Balaban J connectivity index is 1.76. The summed E-state index contributed by atoms with van der Waals surface area (Å²) in [5.41, 5.74) is 2.60. The zero-order chi connectivity index (χ0) is 21.7. The van der Waals surface area contributed by atoms with Crippen molar-refractivity contribution in [1.82, 2.24) is 10.2 Å². The van der Waals surface area contributed by atoms with Crippen molar-refractivity contribution in [2.24, 2.45) is 0 Å². The fraction of sp³-hybridized carbons (Fsp3) is 0.250. The summed E-state index contributed by atoms with van der Waals surface area (Å²) in [6, 6.07) is 14.4. The van der Waals surface area contributed by atoms with Crippen molar-refractivity contribution in [1.29, 1.82) is 0 Å². The first-order valence-electron chi connectivity index (χ1n) is 10.3. The Bertz CT molecular complexity index is 1350. The van der Waals surface area contributed by atoms with Gasteiger partial charge >= 0.3 is 0 Å². The Hall–Kier alpha value is -3.32. The molecule has 6 nitrogen and oxygen atoms in total. The summed E-state index contributed by atoms with van der Waals surface area (Å²) in [7, 11) is 0. The van der Waals surface area contributed by atoms with Crippen LogP contribution in [0.4, 0.5) is 5.13 Å². The van der Waals surface area contributed by atoms with Crippen LogP contribution in [0.15, 0.2) is 57.7 Å². The van der Waals surface area contributed by atoms with E-state index >= 15 is 0 Å². The summed E-state index contributed by atoms with van der Waals surface area (Å²) in [6.45, 7) is 6.15. The summed E-state index contributed by atoms with van der Waals surface area (Å²) in [5, 5.41) is 10.3. The molecule has 0 unspecified atom stereocenters. The number of hydrogen-bond donors (Lipinski definition) is 0. The molecule has 1 aliphatic rings. The third kappa shape index (κ3) is 3.08. The number of aryl methyl sites for hydroxylation is 1. The van der Waals surface area contributed by atoms with E-state index in [1.165, 1.54) is 16.9 Å². The van der Waals surface area contributed by atoms with Crippen LogP contribution in [0.3, 0.4) is 0 Å². The fourth-order valence-corrected chi connectivity index (χ4v) is 4.80. The number of aromatic nitrogens is 2. The lowest BCUT2D eigenvalue weighted by molar-refractivity contribution is 0.0970. The molecule has 2 aromatic heterocycles. The lowest BCUT2D eigenvalue weighted by atomic mass is 9.97. The van der Waals surface area contributed by atoms with Crippen LogP contribution in [-0.2, 0) is 6.42 Å². The molecule has 0 fully saturated rings. The molecule has 2 aromatic carbocycles. The molecule has 0 N–H and O–H groups in total. The van der Waals surface area contributed by atoms with Gasteiger partial charge in [0.1, 0.15) is 10.6 Å². The Morgan fingerprint density at radius 2 is 1.81 bits per heavy atom. The number of carbonyl (C=O) groups is 1. The minimum absolute atomic E-state index is 0.0783. The van der Waals surface area contributed by atoms with E-state index in [9.17, 15) is 9.59 Å². The molecule has 1 atom stereocenters. The van der Waals surface area contributed by atoms with Gasteiger partial charge in [-0.2, -0.15) is 0 Å². The van der Waals surface area contributed by atoms with Gasteiger partial charge in [-0.05, 0) is 29.7 Å². The van der Waals surface area contributed by atoms with Crippen LogP contribution >= 0.6 is 11.3 Å². The number of para-hydroxylation sites is 1. The van der Waals surface area contributed by atoms with E-state index in [-0.39, 0.29) is 23.0 Å². The second-order valence-corrected chi connectivity index (χ2v) is 8.91. The number of benzene rings is 2. The monoisotopic (exact) mass is 431 g/mol. The highest BCUT2D eigenvalue weighted by molar-refractivity contribution is 7.15. The first-order chi connectivity index (χ1) is 15.0. The SMILES string of the molecule is CCc1ccc([C@H]2c3c(oc4ccccc4c3=O)C(=O)N2c2nnc(C(C)C)s2)cc1. The van der Waals surface area contributed by atoms with Crippen LogP contribution in [0.2, 0.25) is 0 Å². The zero-order valence-corrected chi connectivity index (χ0v) is 18.3. The quantitative estimate of drug-likeness (QED) is 0.450. The second-order valence-electron chi connectivity index (χ2n) is 7.92. The molecule has 0 spiro atoms. The molecule has 0 saturated carbocycles. The third-order valence-electron chi connectivity index (χ3n) is 5.61. The van der Waals surface area contributed by atoms with Gasteiger partial charge in [0.05, 0.1) is 17.0 Å². The van der Waals surface area contributed by atoms with Crippen molar-refractivity contribution in [2.75, 3.05) is 4.90 Å². The van der Waals surface area contributed by atoms with E-state index in [2.05, 4.69) is 17.1 Å². The Labute approximate surface area is 183 Å². The molecule has 0 radical (unpaired) electrons. The lowest BCUT2D eigenvalue weighted by Crippen LogP contribution is -2.29. The van der Waals surface area contributed by atoms with Crippen molar-refractivity contribution in [3.05, 3.63) is 86.2 Å². The molecule has 5 rings (SSSR count). The average molecular weight is 432 g/mol. The maximum atomic E-state index is 13.5. The standard InChI is InChI=1S/C24H21N3O3S/c1-4-14-9-11-15(12-10-14)19-18-20(28)16-7-5-6-8-17(16)30-21(18)23(29)27(19)24-26-25-22(31-24)13(2)3/h5-13,19H,4H2,1-3H3/t19-/m0/s1. The van der Waals surface area contributed by atoms with E-state index in [0.29, 0.717) is 21.7 Å². The van der Waals surface area contributed by atoms with Crippen LogP contribution in [0.1, 0.15) is 65.0 Å². The van der Waals surface area contributed by atoms with Crippen LogP contribution in [-0.4, -0.2) is 16.1 Å². The number of anilines is 1. The molecule has 31 heavy (non-hydrogen) atoms. The van der Waals surface area contributed by atoms with Gasteiger partial charge in [0, 0.05) is 5.92 Å². The van der Waals surface area contributed by atoms with Crippen LogP contribution < -0.4 is 10.3 Å². The first-order valence-corrected chi connectivity index (χ1v) is 11.1. The Kier molecular flexibility index (Phi) is 4.70. The Morgan fingerprint density at radius 1 is 1.06 bits per heavy atom. The summed E-state index contributed by atoms with van der Waals surface area (Å²) in [5.74, 6) is -0.0978. The van der Waals surface area contributed by atoms with Crippen LogP contribution in [0, 0.1) is 0 Å². The minimum atomic E-state index is -0.609. The van der Waals surface area contributed by atoms with Gasteiger partial charge in [-0.15, -0.1) is 10.2 Å². The highest BCUT2D eigenvalue weighted by Gasteiger charge is 2.45. The molecule has 156 valence electrons. The number of nitrogens with zero attached hydrogens (tertiary/aromatic N) is 3. The average Bonchev–Trinajstić information content (AvgIpc) is 3.38. The molecular formula is C24H21N3O3S. The molecule has 4 aromatic rings. The normalized spacial score (nSPS) is 15.8. The van der Waals surface area contributed by atoms with E-state index in [1.54, 1.807) is 29.2 Å². The van der Waals surface area contributed by atoms with E-state index in [4.69, 9.17) is 4.42 Å². The van der Waals surface area contributed by atoms with Crippen molar-refractivity contribution in [3.8, 4) is 0 Å². The topological polar surface area (TPSA) is 76.3 Å². The first kappa shape index (κ1) is 19.6. The van der Waals surface area contributed by atoms with Gasteiger partial charge in [-0.1, -0.05) is 68.5 Å². The van der Waals surface area contributed by atoms with E-state index in [1.807, 2.05) is 38.1 Å². The maximum absolute atomic E-state index is 13.5. The maximum Gasteiger partial charge on any atom is 0.297 e. The number of fused-ring (bicyclic) bond motifs is 2. The molecule has 0 saturated heterocycles. The highest BCUT2D eigenvalue weighted by atomic mass is 32.1. The predicted octanol–water partition coefficient (Wildman–Crippen LogP) is 5.08. The second kappa shape index (κ2) is 7.42. The van der Waals surface area contributed by atoms with Gasteiger partial charge in [0.25, 0.3) is 5.91 Å². The van der Waals surface area contributed by atoms with E-state index < -0.39 is 6.04 Å². The van der Waals surface area contributed by atoms with Crippen molar-refractivity contribution >= 4 is 33.3 Å². The smallest absolute Gasteiger partial charge is 0.297 e. The molecule has 1 aliphatic heterocycles. The minimum Gasteiger partial charge on any atom is -0.450 e. The number of carbonyl (C=O) groups excluding carboxylic acids is 1. The molecule has 7 heteroatoms. The number of amides is 1. The van der Waals surface area contributed by atoms with E-state index in [0.717, 1.165) is 17.0 Å². The van der Waals surface area contributed by atoms with Gasteiger partial charge < -0.3 is 4.42 Å². The molecule has 1 amide bonds. The largest absolute Gasteiger partial charge is 0.450 e. The summed E-state index contributed by atoms with van der Waals surface area (Å²) in [6.07, 6.45) is 0.908.